The molecule has 3 aromatic carbocycles. The molecule has 0 saturated heterocycles. The van der Waals surface area contributed by atoms with Crippen LogP contribution in [0.3, 0.4) is 0 Å². The van der Waals surface area contributed by atoms with Crippen LogP contribution in [0, 0.1) is 12.1 Å². The van der Waals surface area contributed by atoms with E-state index in [0.29, 0.717) is 0 Å². The highest BCUT2D eigenvalue weighted by Gasteiger charge is 2.01. The Labute approximate surface area is 95.2 Å². The predicted octanol–water partition coefficient (Wildman–Crippen LogP) is 4.11. The smallest absolute Gasteiger partial charge is 0.00264 e. The van der Waals surface area contributed by atoms with Crippen LogP contribution in [0.5, 0.6) is 0 Å². The Kier molecular flexibility index (Phi) is 2.19. The summed E-state index contributed by atoms with van der Waals surface area (Å²) >= 11 is 0. The van der Waals surface area contributed by atoms with Crippen molar-refractivity contribution in [3.63, 3.8) is 0 Å². The monoisotopic (exact) mass is 202 g/mol. The number of hydrogen-bond acceptors (Lipinski definition) is 0. The molecule has 0 aliphatic heterocycles. The Morgan fingerprint density at radius 1 is 0.688 bits per heavy atom. The highest BCUT2D eigenvalue weighted by atomic mass is 14.0. The van der Waals surface area contributed by atoms with Gasteiger partial charge in [0.05, 0.1) is 0 Å². The summed E-state index contributed by atoms with van der Waals surface area (Å²) in [6.07, 6.45) is 0. The molecule has 3 rings (SSSR count). The molecule has 0 spiro atoms. The van der Waals surface area contributed by atoms with Crippen LogP contribution in [0.15, 0.2) is 60.7 Å². The van der Waals surface area contributed by atoms with E-state index >= 15 is 0 Å². The van der Waals surface area contributed by atoms with Gasteiger partial charge in [0.25, 0.3) is 0 Å². The first-order chi connectivity index (χ1) is 7.95. The molecule has 0 nitrogen and oxygen atoms in total. The van der Waals surface area contributed by atoms with Crippen molar-refractivity contribution in [2.75, 3.05) is 0 Å². The van der Waals surface area contributed by atoms with Crippen molar-refractivity contribution in [2.45, 2.75) is 0 Å². The summed E-state index contributed by atoms with van der Waals surface area (Å²) in [6, 6.07) is 27.0. The molecule has 0 aromatic heterocycles. The fraction of sp³-hybridized carbons (Fsp3) is 0. The van der Waals surface area contributed by atoms with Crippen LogP contribution in [0.2, 0.25) is 0 Å². The van der Waals surface area contributed by atoms with Gasteiger partial charge in [0.1, 0.15) is 0 Å². The van der Waals surface area contributed by atoms with E-state index in [1.165, 1.54) is 10.9 Å². The Morgan fingerprint density at radius 2 is 1.56 bits per heavy atom. The Morgan fingerprint density at radius 3 is 2.44 bits per heavy atom. The van der Waals surface area contributed by atoms with Crippen LogP contribution < -0.4 is 0 Å². The molecule has 0 bridgehead atoms. The standard InChI is InChI=1S/C16H10/c1-2-7-13(8-3-1)16-12-6-10-14-9-4-5-11-15(14)16/h1-7,9-10,12H. The second-order valence-electron chi connectivity index (χ2n) is 3.72. The van der Waals surface area contributed by atoms with E-state index in [-0.39, 0.29) is 0 Å². The maximum Gasteiger partial charge on any atom is -0.00264 e. The molecule has 0 saturated carbocycles. The maximum absolute atomic E-state index is 3.30. The third-order valence-electron chi connectivity index (χ3n) is 2.70. The Balaban J connectivity index is 2.32. The van der Waals surface area contributed by atoms with Gasteiger partial charge in [-0.25, -0.2) is 0 Å². The van der Waals surface area contributed by atoms with E-state index in [2.05, 4.69) is 42.5 Å². The quantitative estimate of drug-likeness (QED) is 0.557. The van der Waals surface area contributed by atoms with Crippen LogP contribution in [-0.4, -0.2) is 0 Å². The number of rotatable bonds is 1. The van der Waals surface area contributed by atoms with Gasteiger partial charge in [-0.1, -0.05) is 60.7 Å². The Hall–Kier alpha value is -2.08. The van der Waals surface area contributed by atoms with Crippen molar-refractivity contribution in [1.29, 1.82) is 0 Å². The van der Waals surface area contributed by atoms with Gasteiger partial charge in [-0.05, 0) is 34.0 Å². The van der Waals surface area contributed by atoms with Crippen LogP contribution >= 0.6 is 0 Å². The van der Waals surface area contributed by atoms with Gasteiger partial charge in [0.15, 0.2) is 0 Å². The third-order valence-corrected chi connectivity index (χ3v) is 2.70. The largest absolute Gasteiger partial charge is 0.0616 e. The van der Waals surface area contributed by atoms with Crippen molar-refractivity contribution < 1.29 is 0 Å². The zero-order chi connectivity index (χ0) is 10.8. The predicted molar refractivity (Wildman–Crippen MR) is 67.1 cm³/mol. The molecule has 0 aliphatic rings. The maximum atomic E-state index is 3.30. The summed E-state index contributed by atoms with van der Waals surface area (Å²) in [6.45, 7) is 0. The van der Waals surface area contributed by atoms with Crippen molar-refractivity contribution >= 4 is 10.8 Å². The molecule has 3 aromatic rings. The first kappa shape index (κ1) is 9.17. The number of benzene rings is 3. The molecule has 0 atom stereocenters. The highest BCUT2D eigenvalue weighted by molar-refractivity contribution is 5.95. The van der Waals surface area contributed by atoms with E-state index in [9.17, 15) is 0 Å². The lowest BCUT2D eigenvalue weighted by Gasteiger charge is -2.05. The minimum absolute atomic E-state index is 1.12. The van der Waals surface area contributed by atoms with Crippen LogP contribution in [0.1, 0.15) is 0 Å². The van der Waals surface area contributed by atoms with Crippen molar-refractivity contribution in [3.8, 4) is 11.1 Å². The summed E-state index contributed by atoms with van der Waals surface area (Å²) in [5.74, 6) is 0. The third kappa shape index (κ3) is 1.49. The van der Waals surface area contributed by atoms with Gasteiger partial charge in [-0.3, -0.25) is 0 Å². The molecule has 0 heteroatoms. The average molecular weight is 202 g/mol. The molecule has 16 heavy (non-hydrogen) atoms. The molecule has 0 fully saturated rings. The van der Waals surface area contributed by atoms with E-state index in [0.717, 1.165) is 10.9 Å². The van der Waals surface area contributed by atoms with Crippen LogP contribution in [0.4, 0.5) is 0 Å². The second kappa shape index (κ2) is 3.82. The van der Waals surface area contributed by atoms with Crippen molar-refractivity contribution in [1.82, 2.24) is 0 Å². The Bertz CT molecular complexity index is 604. The molecule has 2 radical (unpaired) electrons. The number of hydrogen-bond donors (Lipinski definition) is 0. The number of fused-ring (bicyclic) bond motifs is 1. The fourth-order valence-electron chi connectivity index (χ4n) is 1.94. The van der Waals surface area contributed by atoms with Gasteiger partial charge in [0.2, 0.25) is 0 Å². The van der Waals surface area contributed by atoms with Gasteiger partial charge in [-0.15, -0.1) is 0 Å². The van der Waals surface area contributed by atoms with Gasteiger partial charge < -0.3 is 0 Å². The van der Waals surface area contributed by atoms with Crippen molar-refractivity contribution in [2.24, 2.45) is 0 Å². The first-order valence-corrected chi connectivity index (χ1v) is 5.32. The molecule has 0 heterocycles. The van der Waals surface area contributed by atoms with E-state index in [4.69, 9.17) is 0 Å². The molecule has 0 amide bonds. The summed E-state index contributed by atoms with van der Waals surface area (Å²) in [5.41, 5.74) is 2.31. The van der Waals surface area contributed by atoms with Crippen LogP contribution in [-0.2, 0) is 0 Å². The summed E-state index contributed by atoms with van der Waals surface area (Å²) in [7, 11) is 0. The normalized spacial score (nSPS) is 10.5. The zero-order valence-corrected chi connectivity index (χ0v) is 8.77. The second-order valence-corrected chi connectivity index (χ2v) is 3.72. The molecule has 0 aliphatic carbocycles. The molecular weight excluding hydrogens is 192 g/mol. The average Bonchev–Trinajstić information content (AvgIpc) is 2.39. The van der Waals surface area contributed by atoms with Crippen molar-refractivity contribution in [3.05, 3.63) is 72.8 Å². The SMILES string of the molecule is [c]1ccccc1-c1cccc2ccc[c]c12. The zero-order valence-electron chi connectivity index (χ0n) is 8.77. The molecule has 74 valence electrons. The molecule has 0 N–H and O–H groups in total. The minimum Gasteiger partial charge on any atom is -0.0616 e. The first-order valence-electron chi connectivity index (χ1n) is 5.32. The van der Waals surface area contributed by atoms with Gasteiger partial charge in [-0.2, -0.15) is 0 Å². The van der Waals surface area contributed by atoms with E-state index in [1.54, 1.807) is 0 Å². The lowest BCUT2D eigenvalue weighted by atomic mass is 9.98. The van der Waals surface area contributed by atoms with Gasteiger partial charge >= 0.3 is 0 Å². The minimum atomic E-state index is 1.12. The summed E-state index contributed by atoms with van der Waals surface area (Å²) in [5, 5.41) is 2.38. The van der Waals surface area contributed by atoms with E-state index < -0.39 is 0 Å². The fourth-order valence-corrected chi connectivity index (χ4v) is 1.94. The van der Waals surface area contributed by atoms with E-state index in [1.807, 2.05) is 30.3 Å². The highest BCUT2D eigenvalue weighted by Crippen LogP contribution is 2.27. The molecular formula is C16H10. The topological polar surface area (TPSA) is 0 Å². The van der Waals surface area contributed by atoms with Gasteiger partial charge in [0, 0.05) is 0 Å². The summed E-state index contributed by atoms with van der Waals surface area (Å²) < 4.78 is 0. The summed E-state index contributed by atoms with van der Waals surface area (Å²) in [4.78, 5) is 0. The lowest BCUT2D eigenvalue weighted by Crippen LogP contribution is -1.80. The lowest BCUT2D eigenvalue weighted by molar-refractivity contribution is 1.64. The van der Waals surface area contributed by atoms with Crippen LogP contribution in [0.25, 0.3) is 21.9 Å². The molecule has 0 unspecified atom stereocenters.